The summed E-state index contributed by atoms with van der Waals surface area (Å²) in [5.74, 6) is -0.471. The minimum atomic E-state index is -3.82. The van der Waals surface area contributed by atoms with Crippen LogP contribution in [0.1, 0.15) is 5.56 Å². The first-order valence-electron chi connectivity index (χ1n) is 8.44. The van der Waals surface area contributed by atoms with E-state index in [2.05, 4.69) is 0 Å². The molecule has 1 heterocycles. The zero-order chi connectivity index (χ0) is 19.6. The molecule has 2 aromatic carbocycles. The van der Waals surface area contributed by atoms with E-state index in [-0.39, 0.29) is 17.3 Å². The van der Waals surface area contributed by atoms with Crippen molar-refractivity contribution in [3.63, 3.8) is 0 Å². The Balaban J connectivity index is 0.00000280. The summed E-state index contributed by atoms with van der Waals surface area (Å²) < 4.78 is 40.6. The maximum atomic E-state index is 13.2. The molecule has 150 valence electrons. The molecule has 0 atom stereocenters. The summed E-state index contributed by atoms with van der Waals surface area (Å²) >= 11 is 0. The fourth-order valence-corrected chi connectivity index (χ4v) is 4.22. The topological polar surface area (TPSA) is 45.5 Å². The minimum absolute atomic E-state index is 0. The Bertz CT molecular complexity index is 1080. The van der Waals surface area contributed by atoms with Crippen molar-refractivity contribution >= 4 is 33.3 Å². The van der Waals surface area contributed by atoms with E-state index in [0.29, 0.717) is 12.1 Å². The van der Waals surface area contributed by atoms with Crippen molar-refractivity contribution in [3.05, 3.63) is 78.5 Å². The zero-order valence-electron chi connectivity index (χ0n) is 15.9. The van der Waals surface area contributed by atoms with E-state index in [1.807, 2.05) is 55.5 Å². The normalized spacial score (nSPS) is 11.6. The second kappa shape index (κ2) is 8.67. The number of halogens is 2. The van der Waals surface area contributed by atoms with Crippen molar-refractivity contribution in [2.45, 2.75) is 11.4 Å². The molecular weight excluding hydrogens is 401 g/mol. The fraction of sp³-hybridized carbons (Fsp3) is 0.200. The lowest BCUT2D eigenvalue weighted by atomic mass is 10.2. The largest absolute Gasteiger partial charge is 0.382 e. The van der Waals surface area contributed by atoms with E-state index < -0.39 is 15.8 Å². The predicted octanol–water partition coefficient (Wildman–Crippen LogP) is 3.90. The number of hydrogen-bond acceptors (Lipinski definition) is 4. The quantitative estimate of drug-likeness (QED) is 0.603. The first-order chi connectivity index (χ1) is 12.8. The summed E-state index contributed by atoms with van der Waals surface area (Å²) in [5, 5.41) is 0.869. The lowest BCUT2D eigenvalue weighted by Crippen LogP contribution is -2.13. The standard InChI is InChI=1S/C20H22FN3O2S.ClH/c1-22(2)12-13-23(3)14-16-15-24(20-7-5-4-6-19(16)20)27(25,26)18-10-8-17(21)9-11-18;/h4-13,15H,14H2,1-3H3;1H/b13-12+;. The van der Waals surface area contributed by atoms with Gasteiger partial charge in [0.1, 0.15) is 5.82 Å². The van der Waals surface area contributed by atoms with Gasteiger partial charge in [0.2, 0.25) is 0 Å². The average Bonchev–Trinajstić information content (AvgIpc) is 3.00. The van der Waals surface area contributed by atoms with Gasteiger partial charge in [-0.15, -0.1) is 12.4 Å². The average molecular weight is 424 g/mol. The number of nitrogens with zero attached hydrogens (tertiary/aromatic N) is 3. The summed E-state index contributed by atoms with van der Waals surface area (Å²) in [5.41, 5.74) is 1.49. The van der Waals surface area contributed by atoms with E-state index in [9.17, 15) is 12.8 Å². The molecule has 5 nitrogen and oxygen atoms in total. The summed E-state index contributed by atoms with van der Waals surface area (Å²) in [7, 11) is 1.99. The van der Waals surface area contributed by atoms with Gasteiger partial charge in [-0.25, -0.2) is 16.8 Å². The predicted molar refractivity (Wildman–Crippen MR) is 112 cm³/mol. The highest BCUT2D eigenvalue weighted by molar-refractivity contribution is 7.90. The van der Waals surface area contributed by atoms with Crippen LogP contribution < -0.4 is 0 Å². The van der Waals surface area contributed by atoms with Gasteiger partial charge in [0.25, 0.3) is 10.0 Å². The molecule has 3 rings (SSSR count). The van der Waals surface area contributed by atoms with Crippen molar-refractivity contribution in [3.8, 4) is 0 Å². The van der Waals surface area contributed by atoms with Crippen molar-refractivity contribution < 1.29 is 12.8 Å². The van der Waals surface area contributed by atoms with E-state index in [4.69, 9.17) is 0 Å². The molecule has 0 spiro atoms. The number of fused-ring (bicyclic) bond motifs is 1. The molecule has 8 heteroatoms. The molecule has 0 saturated carbocycles. The Labute approximate surface area is 171 Å². The molecule has 0 saturated heterocycles. The molecule has 0 aliphatic rings. The van der Waals surface area contributed by atoms with Crippen LogP contribution in [-0.2, 0) is 16.6 Å². The Morgan fingerprint density at radius 2 is 1.64 bits per heavy atom. The van der Waals surface area contributed by atoms with Crippen LogP contribution >= 0.6 is 12.4 Å². The first kappa shape index (κ1) is 21.8. The minimum Gasteiger partial charge on any atom is -0.382 e. The fourth-order valence-electron chi connectivity index (χ4n) is 2.83. The highest BCUT2D eigenvalue weighted by atomic mass is 35.5. The lowest BCUT2D eigenvalue weighted by molar-refractivity contribution is 0.436. The maximum absolute atomic E-state index is 13.2. The third kappa shape index (κ3) is 4.48. The van der Waals surface area contributed by atoms with Gasteiger partial charge in [-0.2, -0.15) is 0 Å². The summed E-state index contributed by atoms with van der Waals surface area (Å²) in [6, 6.07) is 12.2. The Morgan fingerprint density at radius 3 is 2.29 bits per heavy atom. The van der Waals surface area contributed by atoms with Gasteiger partial charge in [-0.1, -0.05) is 18.2 Å². The molecule has 0 unspecified atom stereocenters. The van der Waals surface area contributed by atoms with Gasteiger partial charge in [-0.05, 0) is 35.9 Å². The molecule has 0 aliphatic carbocycles. The zero-order valence-corrected chi connectivity index (χ0v) is 17.5. The van der Waals surface area contributed by atoms with E-state index >= 15 is 0 Å². The Hall–Kier alpha value is -2.51. The van der Waals surface area contributed by atoms with Crippen molar-refractivity contribution in [2.75, 3.05) is 21.1 Å². The van der Waals surface area contributed by atoms with Crippen LogP contribution in [0.25, 0.3) is 10.9 Å². The molecule has 1 aromatic heterocycles. The number of benzene rings is 2. The second-order valence-corrected chi connectivity index (χ2v) is 8.42. The van der Waals surface area contributed by atoms with Gasteiger partial charge < -0.3 is 9.80 Å². The van der Waals surface area contributed by atoms with Crippen LogP contribution in [0, 0.1) is 5.82 Å². The third-order valence-electron chi connectivity index (χ3n) is 4.17. The van der Waals surface area contributed by atoms with Crippen LogP contribution in [0.5, 0.6) is 0 Å². The van der Waals surface area contributed by atoms with E-state index in [0.717, 1.165) is 23.1 Å². The highest BCUT2D eigenvalue weighted by Crippen LogP contribution is 2.27. The molecule has 0 radical (unpaired) electrons. The monoisotopic (exact) mass is 423 g/mol. The SMILES string of the molecule is CN(C)/C=C/N(C)Cc1cn(S(=O)(=O)c2ccc(F)cc2)c2ccccc12.Cl. The summed E-state index contributed by atoms with van der Waals surface area (Å²) in [6.07, 6.45) is 5.50. The van der Waals surface area contributed by atoms with Crippen LogP contribution in [0.4, 0.5) is 4.39 Å². The molecular formula is C20H23ClFN3O2S. The van der Waals surface area contributed by atoms with Crippen LogP contribution in [0.3, 0.4) is 0 Å². The molecule has 0 amide bonds. The summed E-state index contributed by atoms with van der Waals surface area (Å²) in [6.45, 7) is 0.552. The van der Waals surface area contributed by atoms with Gasteiger partial charge in [-0.3, -0.25) is 0 Å². The van der Waals surface area contributed by atoms with Crippen molar-refractivity contribution in [1.29, 1.82) is 0 Å². The molecule has 28 heavy (non-hydrogen) atoms. The van der Waals surface area contributed by atoms with Crippen LogP contribution in [0.15, 0.2) is 72.0 Å². The molecule has 0 N–H and O–H groups in total. The van der Waals surface area contributed by atoms with Crippen LogP contribution in [-0.4, -0.2) is 43.3 Å². The summed E-state index contributed by atoms with van der Waals surface area (Å²) in [4.78, 5) is 3.96. The highest BCUT2D eigenvalue weighted by Gasteiger charge is 2.21. The molecule has 0 fully saturated rings. The number of hydrogen-bond donors (Lipinski definition) is 0. The van der Waals surface area contributed by atoms with Gasteiger partial charge in [0, 0.05) is 51.7 Å². The van der Waals surface area contributed by atoms with E-state index in [1.165, 1.54) is 16.1 Å². The lowest BCUT2D eigenvalue weighted by Gasteiger charge is -2.14. The van der Waals surface area contributed by atoms with Gasteiger partial charge >= 0.3 is 0 Å². The maximum Gasteiger partial charge on any atom is 0.268 e. The van der Waals surface area contributed by atoms with E-state index in [1.54, 1.807) is 18.3 Å². The third-order valence-corrected chi connectivity index (χ3v) is 5.86. The number of aromatic nitrogens is 1. The second-order valence-electron chi connectivity index (χ2n) is 6.60. The van der Waals surface area contributed by atoms with Gasteiger partial charge in [0.05, 0.1) is 10.4 Å². The smallest absolute Gasteiger partial charge is 0.268 e. The first-order valence-corrected chi connectivity index (χ1v) is 9.88. The molecule has 0 aliphatic heterocycles. The molecule has 3 aromatic rings. The number of para-hydroxylation sites is 1. The van der Waals surface area contributed by atoms with Crippen molar-refractivity contribution in [2.24, 2.45) is 0 Å². The van der Waals surface area contributed by atoms with Crippen molar-refractivity contribution in [1.82, 2.24) is 13.8 Å². The van der Waals surface area contributed by atoms with Gasteiger partial charge in [0.15, 0.2) is 0 Å². The molecule has 0 bridgehead atoms. The Kier molecular flexibility index (Phi) is 6.74. The number of rotatable bonds is 6. The van der Waals surface area contributed by atoms with Crippen LogP contribution in [0.2, 0.25) is 0 Å². The Morgan fingerprint density at radius 1 is 1.00 bits per heavy atom.